The van der Waals surface area contributed by atoms with Gasteiger partial charge in [-0.2, -0.15) is 0 Å². The first-order valence-corrected chi connectivity index (χ1v) is 5.63. The molecule has 0 spiro atoms. The topological polar surface area (TPSA) is 52.6 Å². The van der Waals surface area contributed by atoms with Gasteiger partial charge in [-0.15, -0.1) is 0 Å². The van der Waals surface area contributed by atoms with Gasteiger partial charge in [0.15, 0.2) is 0 Å². The van der Waals surface area contributed by atoms with Crippen LogP contribution in [-0.2, 0) is 19.1 Å². The lowest BCUT2D eigenvalue weighted by Gasteiger charge is -2.04. The number of unbranched alkanes of at least 4 members (excludes halogenated alkanes) is 2. The van der Waals surface area contributed by atoms with E-state index in [-0.39, 0.29) is 13.0 Å². The molecule has 92 valence electrons. The van der Waals surface area contributed by atoms with Crippen LogP contribution < -0.4 is 0 Å². The third-order valence-corrected chi connectivity index (χ3v) is 1.86. The molecule has 0 bridgehead atoms. The maximum atomic E-state index is 11.2. The van der Waals surface area contributed by atoms with Gasteiger partial charge in [-0.3, -0.25) is 9.59 Å². The molecule has 16 heavy (non-hydrogen) atoms. The second kappa shape index (κ2) is 8.95. The fourth-order valence-electron chi connectivity index (χ4n) is 1.10. The first-order chi connectivity index (χ1) is 7.60. The second-order valence-corrected chi connectivity index (χ2v) is 3.41. The normalized spacial score (nSPS) is 11.1. The van der Waals surface area contributed by atoms with Crippen LogP contribution >= 0.6 is 0 Å². The van der Waals surface area contributed by atoms with Crippen LogP contribution in [0.25, 0.3) is 0 Å². The molecule has 0 atom stereocenters. The van der Waals surface area contributed by atoms with Crippen molar-refractivity contribution in [3.8, 4) is 0 Å². The Balaban J connectivity index is 3.85. The standard InChI is InChI=1S/C12H20O4/c1-4-6-7-8-10(3)16-12(14)9-11(13)15-5-2/h8H,4-7,9H2,1-3H3/b10-8+. The molecule has 4 heteroatoms. The van der Waals surface area contributed by atoms with Crippen LogP contribution in [0.15, 0.2) is 11.8 Å². The van der Waals surface area contributed by atoms with Gasteiger partial charge in [0.25, 0.3) is 0 Å². The summed E-state index contributed by atoms with van der Waals surface area (Å²) in [5.41, 5.74) is 0. The molecule has 0 heterocycles. The summed E-state index contributed by atoms with van der Waals surface area (Å²) in [5, 5.41) is 0. The Hall–Kier alpha value is -1.32. The van der Waals surface area contributed by atoms with Crippen molar-refractivity contribution in [1.29, 1.82) is 0 Å². The number of hydrogen-bond acceptors (Lipinski definition) is 4. The van der Waals surface area contributed by atoms with E-state index in [4.69, 9.17) is 4.74 Å². The van der Waals surface area contributed by atoms with Crippen LogP contribution in [0.3, 0.4) is 0 Å². The molecule has 4 nitrogen and oxygen atoms in total. The molecule has 0 aliphatic heterocycles. The third-order valence-electron chi connectivity index (χ3n) is 1.86. The molecule has 0 rings (SSSR count). The van der Waals surface area contributed by atoms with E-state index in [9.17, 15) is 9.59 Å². The molecule has 0 aliphatic carbocycles. The summed E-state index contributed by atoms with van der Waals surface area (Å²) in [7, 11) is 0. The third kappa shape index (κ3) is 8.03. The summed E-state index contributed by atoms with van der Waals surface area (Å²) < 4.78 is 9.57. The summed E-state index contributed by atoms with van der Waals surface area (Å²) in [6, 6.07) is 0. The number of rotatable bonds is 7. The predicted octanol–water partition coefficient (Wildman–Crippen LogP) is 2.58. The molecule has 0 N–H and O–H groups in total. The van der Waals surface area contributed by atoms with Crippen LogP contribution in [-0.4, -0.2) is 18.5 Å². The summed E-state index contributed by atoms with van der Waals surface area (Å²) in [6.45, 7) is 5.77. The number of esters is 2. The Morgan fingerprint density at radius 1 is 1.19 bits per heavy atom. The molecule has 0 saturated heterocycles. The Morgan fingerprint density at radius 2 is 1.88 bits per heavy atom. The molecule has 0 saturated carbocycles. The summed E-state index contributed by atoms with van der Waals surface area (Å²) in [5.74, 6) is -0.569. The zero-order chi connectivity index (χ0) is 12.4. The van der Waals surface area contributed by atoms with E-state index in [0.717, 1.165) is 19.3 Å². The number of carbonyl (C=O) groups is 2. The molecular formula is C12H20O4. The lowest BCUT2D eigenvalue weighted by Crippen LogP contribution is -2.13. The molecule has 0 unspecified atom stereocenters. The van der Waals surface area contributed by atoms with Gasteiger partial charge in [-0.1, -0.05) is 13.3 Å². The lowest BCUT2D eigenvalue weighted by molar-refractivity contribution is -0.152. The van der Waals surface area contributed by atoms with Gasteiger partial charge >= 0.3 is 11.9 Å². The van der Waals surface area contributed by atoms with Gasteiger partial charge in [-0.25, -0.2) is 0 Å². The van der Waals surface area contributed by atoms with Crippen molar-refractivity contribution in [3.63, 3.8) is 0 Å². The van der Waals surface area contributed by atoms with Crippen LogP contribution in [0.5, 0.6) is 0 Å². The monoisotopic (exact) mass is 228 g/mol. The molecule has 0 fully saturated rings. The molecule has 0 aliphatic rings. The zero-order valence-corrected chi connectivity index (χ0v) is 10.2. The van der Waals surface area contributed by atoms with Gasteiger partial charge in [0.2, 0.25) is 0 Å². The summed E-state index contributed by atoms with van der Waals surface area (Å²) in [4.78, 5) is 22.2. The highest BCUT2D eigenvalue weighted by atomic mass is 16.6. The average Bonchev–Trinajstić information content (AvgIpc) is 2.17. The van der Waals surface area contributed by atoms with E-state index < -0.39 is 11.9 Å². The Bertz CT molecular complexity index is 256. The van der Waals surface area contributed by atoms with Crippen molar-refractivity contribution in [2.45, 2.75) is 46.5 Å². The van der Waals surface area contributed by atoms with Crippen molar-refractivity contribution in [2.24, 2.45) is 0 Å². The smallest absolute Gasteiger partial charge is 0.322 e. The first-order valence-electron chi connectivity index (χ1n) is 5.63. The van der Waals surface area contributed by atoms with E-state index in [1.54, 1.807) is 13.8 Å². The van der Waals surface area contributed by atoms with Gasteiger partial charge in [-0.05, 0) is 32.8 Å². The number of allylic oxidation sites excluding steroid dienone is 2. The molecular weight excluding hydrogens is 208 g/mol. The molecule has 0 aromatic heterocycles. The lowest BCUT2D eigenvalue weighted by atomic mass is 10.2. The van der Waals surface area contributed by atoms with Gasteiger partial charge in [0.1, 0.15) is 12.2 Å². The largest absolute Gasteiger partial charge is 0.466 e. The minimum Gasteiger partial charge on any atom is -0.466 e. The van der Waals surface area contributed by atoms with Gasteiger partial charge in [0, 0.05) is 0 Å². The highest BCUT2D eigenvalue weighted by Crippen LogP contribution is 2.04. The number of ether oxygens (including phenoxy) is 2. The Labute approximate surface area is 96.6 Å². The van der Waals surface area contributed by atoms with Crippen molar-refractivity contribution >= 4 is 11.9 Å². The predicted molar refractivity (Wildman–Crippen MR) is 60.6 cm³/mol. The van der Waals surface area contributed by atoms with Crippen molar-refractivity contribution in [1.82, 2.24) is 0 Å². The molecule has 0 aromatic rings. The summed E-state index contributed by atoms with van der Waals surface area (Å²) >= 11 is 0. The Kier molecular flexibility index (Phi) is 8.21. The number of carbonyl (C=O) groups excluding carboxylic acids is 2. The molecule has 0 radical (unpaired) electrons. The molecule has 0 aromatic carbocycles. The van der Waals surface area contributed by atoms with Crippen LogP contribution in [0.2, 0.25) is 0 Å². The van der Waals surface area contributed by atoms with E-state index >= 15 is 0 Å². The van der Waals surface area contributed by atoms with Crippen LogP contribution in [0.4, 0.5) is 0 Å². The zero-order valence-electron chi connectivity index (χ0n) is 10.2. The average molecular weight is 228 g/mol. The van der Waals surface area contributed by atoms with E-state index in [2.05, 4.69) is 11.7 Å². The van der Waals surface area contributed by atoms with Gasteiger partial charge in [0.05, 0.1) is 6.61 Å². The number of hydrogen-bond donors (Lipinski definition) is 0. The van der Waals surface area contributed by atoms with E-state index in [1.165, 1.54) is 0 Å². The molecule has 0 amide bonds. The fourth-order valence-corrected chi connectivity index (χ4v) is 1.10. The van der Waals surface area contributed by atoms with E-state index in [0.29, 0.717) is 5.76 Å². The maximum absolute atomic E-state index is 11.2. The van der Waals surface area contributed by atoms with Gasteiger partial charge < -0.3 is 9.47 Å². The SMILES string of the molecule is CCCC/C=C(\C)OC(=O)CC(=O)OCC. The maximum Gasteiger partial charge on any atom is 0.322 e. The second-order valence-electron chi connectivity index (χ2n) is 3.41. The Morgan fingerprint density at radius 3 is 2.44 bits per heavy atom. The van der Waals surface area contributed by atoms with Crippen molar-refractivity contribution < 1.29 is 19.1 Å². The highest BCUT2D eigenvalue weighted by Gasteiger charge is 2.11. The summed E-state index contributed by atoms with van der Waals surface area (Å²) in [6.07, 6.45) is 4.57. The minimum atomic E-state index is -0.566. The first kappa shape index (κ1) is 14.7. The highest BCUT2D eigenvalue weighted by molar-refractivity contribution is 5.91. The van der Waals surface area contributed by atoms with Crippen LogP contribution in [0.1, 0.15) is 46.5 Å². The van der Waals surface area contributed by atoms with Crippen molar-refractivity contribution in [3.05, 3.63) is 11.8 Å². The van der Waals surface area contributed by atoms with Crippen molar-refractivity contribution in [2.75, 3.05) is 6.61 Å². The minimum absolute atomic E-state index is 0.275. The fraction of sp³-hybridized carbons (Fsp3) is 0.667. The quantitative estimate of drug-likeness (QED) is 0.291. The van der Waals surface area contributed by atoms with Crippen LogP contribution in [0, 0.1) is 0 Å². The van der Waals surface area contributed by atoms with E-state index in [1.807, 2.05) is 6.08 Å².